The first-order valence-electron chi connectivity index (χ1n) is 3.28. The Hall–Kier alpha value is -0.790. The summed E-state index contributed by atoms with van der Waals surface area (Å²) in [5.41, 5.74) is 1.22. The van der Waals surface area contributed by atoms with E-state index in [0.29, 0.717) is 0 Å². The average molecular weight is 121 g/mol. The van der Waals surface area contributed by atoms with E-state index in [2.05, 4.69) is 11.3 Å². The third-order valence-corrected chi connectivity index (χ3v) is 1.66. The van der Waals surface area contributed by atoms with Gasteiger partial charge in [-0.1, -0.05) is 0 Å². The predicted octanol–water partition coefficient (Wildman–Crippen LogP) is 1.10. The molecule has 0 aromatic carbocycles. The van der Waals surface area contributed by atoms with Crippen LogP contribution in [0.2, 0.25) is 0 Å². The van der Waals surface area contributed by atoms with E-state index in [1.807, 2.05) is 13.1 Å². The average Bonchev–Trinajstić information content (AvgIpc) is 2.58. The highest BCUT2D eigenvalue weighted by atomic mass is 15.2. The number of nitrogens with zero attached hydrogens (tertiary/aromatic N) is 2. The quantitative estimate of drug-likeness (QED) is 0.544. The SMILES string of the molecule is Cn1[c]cc(C2CC2)n1. The maximum absolute atomic E-state index is 4.23. The molecule has 0 unspecified atom stereocenters. The van der Waals surface area contributed by atoms with Crippen LogP contribution in [0.4, 0.5) is 0 Å². The van der Waals surface area contributed by atoms with E-state index >= 15 is 0 Å². The van der Waals surface area contributed by atoms with Crippen molar-refractivity contribution < 1.29 is 0 Å². The fraction of sp³-hybridized carbons (Fsp3) is 0.571. The Labute approximate surface area is 54.5 Å². The normalized spacial score (nSPS) is 18.3. The highest BCUT2D eigenvalue weighted by Gasteiger charge is 2.25. The molecule has 1 aromatic rings. The van der Waals surface area contributed by atoms with Crippen molar-refractivity contribution in [2.45, 2.75) is 18.8 Å². The zero-order valence-corrected chi connectivity index (χ0v) is 5.46. The maximum atomic E-state index is 4.23. The molecule has 47 valence electrons. The topological polar surface area (TPSA) is 17.8 Å². The monoisotopic (exact) mass is 121 g/mol. The second kappa shape index (κ2) is 1.59. The van der Waals surface area contributed by atoms with E-state index in [4.69, 9.17) is 0 Å². The molecule has 0 amide bonds. The molecule has 2 rings (SSSR count). The zero-order chi connectivity index (χ0) is 6.27. The molecule has 0 N–H and O–H groups in total. The summed E-state index contributed by atoms with van der Waals surface area (Å²) in [7, 11) is 1.91. The molecule has 2 heteroatoms. The zero-order valence-electron chi connectivity index (χ0n) is 5.46. The summed E-state index contributed by atoms with van der Waals surface area (Å²) in [6, 6.07) is 1.98. The third-order valence-electron chi connectivity index (χ3n) is 1.66. The molecule has 1 aliphatic rings. The summed E-state index contributed by atoms with van der Waals surface area (Å²) in [5.74, 6) is 0.766. The number of rotatable bonds is 1. The van der Waals surface area contributed by atoms with E-state index in [1.54, 1.807) is 4.68 Å². The van der Waals surface area contributed by atoms with Crippen LogP contribution in [0.3, 0.4) is 0 Å². The molecule has 1 heterocycles. The highest BCUT2D eigenvalue weighted by molar-refractivity contribution is 5.11. The lowest BCUT2D eigenvalue weighted by atomic mass is 10.3. The van der Waals surface area contributed by atoms with Gasteiger partial charge in [0.1, 0.15) is 0 Å². The molecule has 1 saturated carbocycles. The molecule has 1 aromatic heterocycles. The molecule has 9 heavy (non-hydrogen) atoms. The van der Waals surface area contributed by atoms with Gasteiger partial charge in [0.25, 0.3) is 0 Å². The van der Waals surface area contributed by atoms with Crippen LogP contribution >= 0.6 is 0 Å². The van der Waals surface area contributed by atoms with Crippen molar-refractivity contribution in [3.05, 3.63) is 18.0 Å². The first-order chi connectivity index (χ1) is 4.36. The standard InChI is InChI=1S/C7H9N2/c1-9-5-4-7(8-9)6-2-3-6/h4,6H,2-3H2,1H3. The number of aryl methyl sites for hydroxylation is 1. The van der Waals surface area contributed by atoms with Crippen LogP contribution in [0, 0.1) is 6.20 Å². The molecule has 1 aliphatic carbocycles. The maximum Gasteiger partial charge on any atom is 0.0862 e. The molecule has 1 fully saturated rings. The van der Waals surface area contributed by atoms with Crippen LogP contribution in [-0.2, 0) is 7.05 Å². The van der Waals surface area contributed by atoms with Crippen molar-refractivity contribution in [3.63, 3.8) is 0 Å². The summed E-state index contributed by atoms with van der Waals surface area (Å²) in [6.07, 6.45) is 5.64. The summed E-state index contributed by atoms with van der Waals surface area (Å²) < 4.78 is 1.74. The van der Waals surface area contributed by atoms with Crippen LogP contribution in [0.5, 0.6) is 0 Å². The van der Waals surface area contributed by atoms with Crippen LogP contribution in [0.15, 0.2) is 6.07 Å². The van der Waals surface area contributed by atoms with Crippen molar-refractivity contribution >= 4 is 0 Å². The number of aromatic nitrogens is 2. The van der Waals surface area contributed by atoms with E-state index in [-0.39, 0.29) is 0 Å². The number of hydrogen-bond acceptors (Lipinski definition) is 1. The van der Waals surface area contributed by atoms with Crippen LogP contribution in [0.1, 0.15) is 24.5 Å². The van der Waals surface area contributed by atoms with E-state index in [0.717, 1.165) is 5.92 Å². The summed E-state index contributed by atoms with van der Waals surface area (Å²) in [4.78, 5) is 0. The van der Waals surface area contributed by atoms with Gasteiger partial charge in [0.05, 0.1) is 11.9 Å². The smallest absolute Gasteiger partial charge is 0.0862 e. The Morgan fingerprint density at radius 1 is 1.78 bits per heavy atom. The second-order valence-electron chi connectivity index (χ2n) is 2.60. The van der Waals surface area contributed by atoms with Crippen LogP contribution < -0.4 is 0 Å². The largest absolute Gasteiger partial charge is 0.266 e. The Morgan fingerprint density at radius 3 is 3.00 bits per heavy atom. The van der Waals surface area contributed by atoms with Crippen molar-refractivity contribution in [2.24, 2.45) is 7.05 Å². The van der Waals surface area contributed by atoms with E-state index in [1.165, 1.54) is 18.5 Å². The first kappa shape index (κ1) is 5.03. The minimum absolute atomic E-state index is 0.766. The first-order valence-corrected chi connectivity index (χ1v) is 3.28. The van der Waals surface area contributed by atoms with Gasteiger partial charge in [-0.15, -0.1) is 0 Å². The molecule has 2 nitrogen and oxygen atoms in total. The van der Waals surface area contributed by atoms with Gasteiger partial charge in [-0.25, -0.2) is 0 Å². The lowest BCUT2D eigenvalue weighted by molar-refractivity contribution is 0.739. The molecule has 0 atom stereocenters. The summed E-state index contributed by atoms with van der Waals surface area (Å²) in [5, 5.41) is 4.23. The van der Waals surface area contributed by atoms with Crippen LogP contribution in [-0.4, -0.2) is 9.78 Å². The molecule has 1 radical (unpaired) electrons. The van der Waals surface area contributed by atoms with Crippen molar-refractivity contribution in [3.8, 4) is 0 Å². The molecule has 0 aliphatic heterocycles. The Balaban J connectivity index is 2.28. The molecular weight excluding hydrogens is 112 g/mol. The van der Waals surface area contributed by atoms with Gasteiger partial charge in [-0.05, 0) is 18.9 Å². The van der Waals surface area contributed by atoms with Gasteiger partial charge in [0, 0.05) is 13.0 Å². The van der Waals surface area contributed by atoms with Crippen molar-refractivity contribution in [2.75, 3.05) is 0 Å². The minimum atomic E-state index is 0.766. The van der Waals surface area contributed by atoms with Gasteiger partial charge >= 0.3 is 0 Å². The second-order valence-corrected chi connectivity index (χ2v) is 2.60. The van der Waals surface area contributed by atoms with E-state index in [9.17, 15) is 0 Å². The fourth-order valence-electron chi connectivity index (χ4n) is 0.969. The predicted molar refractivity (Wildman–Crippen MR) is 34.0 cm³/mol. The van der Waals surface area contributed by atoms with Crippen molar-refractivity contribution in [1.82, 2.24) is 9.78 Å². The number of hydrogen-bond donors (Lipinski definition) is 0. The minimum Gasteiger partial charge on any atom is -0.266 e. The summed E-state index contributed by atoms with van der Waals surface area (Å²) >= 11 is 0. The van der Waals surface area contributed by atoms with Gasteiger partial charge in [-0.2, -0.15) is 5.10 Å². The molecule has 0 saturated heterocycles. The van der Waals surface area contributed by atoms with Gasteiger partial charge in [-0.3, -0.25) is 4.68 Å². The molecule has 0 spiro atoms. The van der Waals surface area contributed by atoms with Crippen LogP contribution in [0.25, 0.3) is 0 Å². The van der Waals surface area contributed by atoms with Gasteiger partial charge in [0.15, 0.2) is 0 Å². The van der Waals surface area contributed by atoms with Crippen molar-refractivity contribution in [1.29, 1.82) is 0 Å². The Morgan fingerprint density at radius 2 is 2.56 bits per heavy atom. The third kappa shape index (κ3) is 0.846. The highest BCUT2D eigenvalue weighted by Crippen LogP contribution is 2.38. The lowest BCUT2D eigenvalue weighted by Gasteiger charge is -1.85. The lowest BCUT2D eigenvalue weighted by Crippen LogP contribution is -1.88. The van der Waals surface area contributed by atoms with Gasteiger partial charge < -0.3 is 0 Å². The Bertz CT molecular complexity index is 210. The molecule has 0 bridgehead atoms. The molecular formula is C7H9N2. The Kier molecular flexibility index (Phi) is 0.891. The van der Waals surface area contributed by atoms with Gasteiger partial charge in [0.2, 0.25) is 0 Å². The fourth-order valence-corrected chi connectivity index (χ4v) is 0.969. The summed E-state index contributed by atoms with van der Waals surface area (Å²) in [6.45, 7) is 0. The van der Waals surface area contributed by atoms with E-state index < -0.39 is 0 Å².